The Hall–Kier alpha value is -2.47. The van der Waals surface area contributed by atoms with Gasteiger partial charge in [0.05, 0.1) is 31.7 Å². The summed E-state index contributed by atoms with van der Waals surface area (Å²) in [4.78, 5) is 5.26. The number of hydrogen-bond acceptors (Lipinski definition) is 5. The quantitative estimate of drug-likeness (QED) is 0.321. The topological polar surface area (TPSA) is 58.1 Å². The molecule has 0 aliphatic heterocycles. The van der Waals surface area contributed by atoms with Crippen molar-refractivity contribution in [3.8, 4) is 0 Å². The summed E-state index contributed by atoms with van der Waals surface area (Å²) < 4.78 is 25.7. The summed E-state index contributed by atoms with van der Waals surface area (Å²) in [6, 6.07) is 0.809. The molecule has 3 aliphatic carbocycles. The molecule has 3 saturated carbocycles. The van der Waals surface area contributed by atoms with Gasteiger partial charge in [-0.3, -0.25) is 4.57 Å². The number of ether oxygens (including phenoxy) is 3. The molecule has 3 aliphatic rings. The fraction of sp³-hybridized carbons (Fsp3) is 0.645. The molecule has 0 radical (unpaired) electrons. The van der Waals surface area contributed by atoms with Crippen molar-refractivity contribution in [2.45, 2.75) is 109 Å². The van der Waals surface area contributed by atoms with Gasteiger partial charge in [0.25, 0.3) is 5.68 Å². The Morgan fingerprint density at radius 3 is 2.22 bits per heavy atom. The molecule has 0 spiro atoms. The van der Waals surface area contributed by atoms with Crippen LogP contribution in [-0.2, 0) is 14.2 Å². The third-order valence-corrected chi connectivity index (χ3v) is 8.12. The summed E-state index contributed by atoms with van der Waals surface area (Å²) in [6.45, 7) is 6.00. The van der Waals surface area contributed by atoms with Crippen LogP contribution in [0.25, 0.3) is 11.6 Å². The van der Waals surface area contributed by atoms with Gasteiger partial charge < -0.3 is 18.6 Å². The first kappa shape index (κ1) is 27.6. The monoisotopic (exact) mass is 510 g/mol. The fourth-order valence-corrected chi connectivity index (χ4v) is 5.71. The molecule has 1 atom stereocenters. The van der Waals surface area contributed by atoms with Crippen LogP contribution in [0, 0.1) is 0 Å². The minimum absolute atomic E-state index is 0.0805. The molecule has 3 fully saturated rings. The van der Waals surface area contributed by atoms with Gasteiger partial charge >= 0.3 is 0 Å². The standard InChI is InChI=1S/C31H46N2O4/c1-22(34-3)19-24(20-28(36-5)23(2)35-4)21-29-30(25-13-12-14-25)33(27-17-10-7-11-18-27)31(37-29)32-26-15-8-6-9-16-26/h19-22,26-27H,2,6-18H2,1,3-5H3/b24-19+,28-20+,29-21+,32-31?. The van der Waals surface area contributed by atoms with Crippen LogP contribution in [0.3, 0.4) is 0 Å². The molecule has 0 amide bonds. The lowest BCUT2D eigenvalue weighted by Crippen LogP contribution is -2.39. The zero-order valence-corrected chi connectivity index (χ0v) is 23.4. The average Bonchev–Trinajstić information content (AvgIpc) is 3.23. The Bertz CT molecular complexity index is 1160. The summed E-state index contributed by atoms with van der Waals surface area (Å²) >= 11 is 0. The molecule has 0 bridgehead atoms. The number of rotatable bonds is 9. The molecule has 1 aromatic heterocycles. The molecule has 0 aromatic carbocycles. The van der Waals surface area contributed by atoms with Crippen molar-refractivity contribution in [2.24, 2.45) is 4.99 Å². The number of aromatic nitrogens is 1. The zero-order chi connectivity index (χ0) is 26.2. The number of methoxy groups -OCH3 is 3. The maximum atomic E-state index is 6.72. The van der Waals surface area contributed by atoms with Crippen LogP contribution in [0.2, 0.25) is 0 Å². The van der Waals surface area contributed by atoms with Crippen molar-refractivity contribution in [1.82, 2.24) is 4.57 Å². The summed E-state index contributed by atoms with van der Waals surface area (Å²) in [5, 5.41) is 1.25. The van der Waals surface area contributed by atoms with E-state index in [0.29, 0.717) is 23.6 Å². The molecule has 204 valence electrons. The highest BCUT2D eigenvalue weighted by molar-refractivity contribution is 5.56. The third kappa shape index (κ3) is 6.90. The van der Waals surface area contributed by atoms with E-state index in [2.05, 4.69) is 23.3 Å². The second kappa shape index (κ2) is 13.4. The van der Waals surface area contributed by atoms with E-state index in [1.807, 2.05) is 13.0 Å². The van der Waals surface area contributed by atoms with E-state index in [1.54, 1.807) is 21.3 Å². The van der Waals surface area contributed by atoms with Gasteiger partial charge in [-0.1, -0.05) is 45.1 Å². The molecule has 0 N–H and O–H groups in total. The summed E-state index contributed by atoms with van der Waals surface area (Å²) in [7, 11) is 4.95. The number of nitrogens with zero attached hydrogens (tertiary/aromatic N) is 2. The predicted octanol–water partition coefficient (Wildman–Crippen LogP) is 5.59. The molecule has 4 rings (SSSR count). The van der Waals surface area contributed by atoms with Gasteiger partial charge in [0.1, 0.15) is 0 Å². The van der Waals surface area contributed by atoms with Crippen LogP contribution in [0.5, 0.6) is 0 Å². The third-order valence-electron chi connectivity index (χ3n) is 8.12. The number of hydrogen-bond donors (Lipinski definition) is 0. The van der Waals surface area contributed by atoms with Crippen molar-refractivity contribution in [1.29, 1.82) is 0 Å². The molecule has 37 heavy (non-hydrogen) atoms. The Balaban J connectivity index is 1.94. The Morgan fingerprint density at radius 1 is 0.973 bits per heavy atom. The van der Waals surface area contributed by atoms with Gasteiger partial charge in [-0.2, -0.15) is 0 Å². The molecule has 6 nitrogen and oxygen atoms in total. The number of allylic oxidation sites excluding steroid dienone is 2. The first-order chi connectivity index (χ1) is 18.0. The van der Waals surface area contributed by atoms with Gasteiger partial charge in [-0.25, -0.2) is 4.99 Å². The largest absolute Gasteiger partial charge is 0.493 e. The Kier molecular flexibility index (Phi) is 9.95. The van der Waals surface area contributed by atoms with E-state index in [1.165, 1.54) is 68.7 Å². The summed E-state index contributed by atoms with van der Waals surface area (Å²) in [5.74, 6) is 1.05. The zero-order valence-electron chi connectivity index (χ0n) is 23.4. The molecular weight excluding hydrogens is 464 g/mol. The van der Waals surface area contributed by atoms with Crippen LogP contribution < -0.4 is 16.4 Å². The highest BCUT2D eigenvalue weighted by atomic mass is 16.5. The van der Waals surface area contributed by atoms with E-state index in [-0.39, 0.29) is 6.10 Å². The normalized spacial score (nSPS) is 22.2. The first-order valence-corrected chi connectivity index (χ1v) is 14.3. The molecular formula is C31H46N2O4. The van der Waals surface area contributed by atoms with E-state index in [9.17, 15) is 0 Å². The molecule has 6 heteroatoms. The van der Waals surface area contributed by atoms with Crippen LogP contribution in [0.15, 0.2) is 45.2 Å². The minimum atomic E-state index is -0.0805. The van der Waals surface area contributed by atoms with Crippen molar-refractivity contribution in [3.63, 3.8) is 0 Å². The van der Waals surface area contributed by atoms with E-state index in [0.717, 1.165) is 42.4 Å². The van der Waals surface area contributed by atoms with Gasteiger partial charge in [-0.15, -0.1) is 0 Å². The van der Waals surface area contributed by atoms with Crippen molar-refractivity contribution < 1.29 is 18.6 Å². The Morgan fingerprint density at radius 2 is 1.65 bits per heavy atom. The lowest BCUT2D eigenvalue weighted by Gasteiger charge is -2.25. The first-order valence-electron chi connectivity index (χ1n) is 14.3. The van der Waals surface area contributed by atoms with Crippen LogP contribution in [-0.4, -0.2) is 38.0 Å². The Labute approximate surface area is 222 Å². The lowest BCUT2D eigenvalue weighted by molar-refractivity contribution is 0.156. The maximum Gasteiger partial charge on any atom is 0.298 e. The van der Waals surface area contributed by atoms with Gasteiger partial charge in [-0.05, 0) is 81.2 Å². The smallest absolute Gasteiger partial charge is 0.298 e. The van der Waals surface area contributed by atoms with E-state index < -0.39 is 0 Å². The highest BCUT2D eigenvalue weighted by Gasteiger charge is 2.24. The summed E-state index contributed by atoms with van der Waals surface area (Å²) in [6.07, 6.45) is 22.0. The van der Waals surface area contributed by atoms with Crippen LogP contribution in [0.4, 0.5) is 0 Å². The lowest BCUT2D eigenvalue weighted by atomic mass is 9.91. The minimum Gasteiger partial charge on any atom is -0.493 e. The fourth-order valence-electron chi connectivity index (χ4n) is 5.71. The van der Waals surface area contributed by atoms with Gasteiger partial charge in [0.15, 0.2) is 16.9 Å². The van der Waals surface area contributed by atoms with Crippen molar-refractivity contribution >= 4 is 11.6 Å². The predicted molar refractivity (Wildman–Crippen MR) is 148 cm³/mol. The van der Waals surface area contributed by atoms with Crippen LogP contribution >= 0.6 is 0 Å². The summed E-state index contributed by atoms with van der Waals surface area (Å²) in [5.41, 5.74) is 4.12. The van der Waals surface area contributed by atoms with Gasteiger partial charge in [0.2, 0.25) is 0 Å². The molecule has 0 saturated heterocycles. The highest BCUT2D eigenvalue weighted by Crippen LogP contribution is 2.29. The maximum absolute atomic E-state index is 6.72. The molecule has 1 aromatic rings. The second-order valence-corrected chi connectivity index (χ2v) is 10.7. The van der Waals surface area contributed by atoms with Crippen molar-refractivity contribution in [2.75, 3.05) is 21.3 Å². The van der Waals surface area contributed by atoms with Crippen LogP contribution in [0.1, 0.15) is 96.4 Å². The second-order valence-electron chi connectivity index (χ2n) is 10.7. The van der Waals surface area contributed by atoms with Crippen molar-refractivity contribution in [3.05, 3.63) is 52.3 Å². The molecule has 1 heterocycles. The van der Waals surface area contributed by atoms with Gasteiger partial charge in [0, 0.05) is 13.2 Å². The average molecular weight is 511 g/mol. The van der Waals surface area contributed by atoms with E-state index in [4.69, 9.17) is 23.6 Å². The number of oxazole rings is 1. The van der Waals surface area contributed by atoms with E-state index >= 15 is 0 Å². The molecule has 1 unspecified atom stereocenters. The SMILES string of the molecule is C=C(OC)\C(=C/C(=C\C(C)OC)/C=c1/oc(=NC2CCCCC2)n(C2CCCCC2)c1=C1CCC1)OC.